The lowest BCUT2D eigenvalue weighted by atomic mass is 9.97. The van der Waals surface area contributed by atoms with E-state index >= 15 is 0 Å². The maximum absolute atomic E-state index is 13.0. The van der Waals surface area contributed by atoms with Gasteiger partial charge in [0.1, 0.15) is 11.4 Å². The van der Waals surface area contributed by atoms with Gasteiger partial charge >= 0.3 is 0 Å². The topological polar surface area (TPSA) is 94.8 Å². The number of nitrogens with one attached hydrogen (secondary N) is 1. The number of thiophene rings is 1. The first kappa shape index (κ1) is 24.7. The van der Waals surface area contributed by atoms with E-state index in [1.54, 1.807) is 24.5 Å². The standard InChI is InChI=1S/C28H28N4O4S/c1-35-23-15-20(11-12-22(23)36-14-13-19-7-3-2-4-8-19)16-30-31-25(33)17-32-18-29-27-26(28(32)34)21-9-5-6-10-24(21)37-27/h2-4,7-8,11-12,15-16,18H,5-6,9-10,13-14,17H2,1H3,(H,31,33)/b30-16-. The summed E-state index contributed by atoms with van der Waals surface area (Å²) in [6.45, 7) is 0.374. The molecule has 1 aliphatic rings. The minimum atomic E-state index is -0.406. The zero-order valence-electron chi connectivity index (χ0n) is 20.6. The number of benzene rings is 2. The van der Waals surface area contributed by atoms with Crippen LogP contribution in [0.4, 0.5) is 0 Å². The van der Waals surface area contributed by atoms with Crippen molar-refractivity contribution in [2.45, 2.75) is 38.6 Å². The van der Waals surface area contributed by atoms with Crippen LogP contribution in [-0.4, -0.2) is 35.4 Å². The Kier molecular flexibility index (Phi) is 7.60. The van der Waals surface area contributed by atoms with E-state index in [2.05, 4.69) is 27.6 Å². The Hall–Kier alpha value is -3.98. The molecule has 9 heteroatoms. The van der Waals surface area contributed by atoms with Gasteiger partial charge < -0.3 is 9.47 Å². The first-order chi connectivity index (χ1) is 18.1. The smallest absolute Gasteiger partial charge is 0.262 e. The molecule has 1 amide bonds. The van der Waals surface area contributed by atoms with Crippen molar-refractivity contribution in [3.8, 4) is 11.5 Å². The van der Waals surface area contributed by atoms with Gasteiger partial charge in [0.05, 0.1) is 31.6 Å². The number of aryl methyl sites for hydroxylation is 2. The van der Waals surface area contributed by atoms with E-state index in [9.17, 15) is 9.59 Å². The molecule has 1 N–H and O–H groups in total. The van der Waals surface area contributed by atoms with Gasteiger partial charge in [0.15, 0.2) is 11.5 Å². The zero-order valence-corrected chi connectivity index (χ0v) is 21.4. The van der Waals surface area contributed by atoms with Crippen molar-refractivity contribution >= 4 is 33.7 Å². The van der Waals surface area contributed by atoms with Gasteiger partial charge in [0.2, 0.25) is 0 Å². The number of hydrazone groups is 1. The van der Waals surface area contributed by atoms with Gasteiger partial charge in [0.25, 0.3) is 11.5 Å². The number of nitrogens with zero attached hydrogens (tertiary/aromatic N) is 3. The third kappa shape index (κ3) is 5.72. The first-order valence-electron chi connectivity index (χ1n) is 12.3. The Morgan fingerprint density at radius 2 is 2.00 bits per heavy atom. The van der Waals surface area contributed by atoms with Crippen LogP contribution in [-0.2, 0) is 30.6 Å². The Morgan fingerprint density at radius 3 is 2.84 bits per heavy atom. The number of amides is 1. The Bertz CT molecular complexity index is 1490. The average Bonchev–Trinajstić information content (AvgIpc) is 3.31. The summed E-state index contributed by atoms with van der Waals surface area (Å²) in [6.07, 6.45) is 7.87. The summed E-state index contributed by atoms with van der Waals surface area (Å²) in [5.74, 6) is 0.808. The van der Waals surface area contributed by atoms with Gasteiger partial charge in [-0.2, -0.15) is 5.10 Å². The summed E-state index contributed by atoms with van der Waals surface area (Å²) in [5.41, 5.74) is 5.36. The molecular weight excluding hydrogens is 488 g/mol. The number of hydrogen-bond acceptors (Lipinski definition) is 7. The van der Waals surface area contributed by atoms with Gasteiger partial charge in [-0.05, 0) is 60.6 Å². The molecule has 0 radical (unpaired) electrons. The van der Waals surface area contributed by atoms with Crippen molar-refractivity contribution in [1.29, 1.82) is 0 Å². The Morgan fingerprint density at radius 1 is 1.16 bits per heavy atom. The molecule has 2 heterocycles. The monoisotopic (exact) mass is 516 g/mol. The average molecular weight is 517 g/mol. The van der Waals surface area contributed by atoms with Crippen LogP contribution in [0.5, 0.6) is 11.5 Å². The van der Waals surface area contributed by atoms with Crippen molar-refractivity contribution in [3.05, 3.63) is 86.8 Å². The molecule has 0 unspecified atom stereocenters. The van der Waals surface area contributed by atoms with Crippen LogP contribution >= 0.6 is 11.3 Å². The lowest BCUT2D eigenvalue weighted by molar-refractivity contribution is -0.121. The predicted octanol–water partition coefficient (Wildman–Crippen LogP) is 4.12. The van der Waals surface area contributed by atoms with Gasteiger partial charge in [-0.3, -0.25) is 14.2 Å². The molecule has 0 atom stereocenters. The number of carbonyl (C=O) groups is 1. The van der Waals surface area contributed by atoms with Gasteiger partial charge in [-0.25, -0.2) is 10.4 Å². The van der Waals surface area contributed by atoms with Crippen LogP contribution in [0.15, 0.2) is 64.8 Å². The number of rotatable bonds is 9. The lowest BCUT2D eigenvalue weighted by Gasteiger charge is -2.11. The lowest BCUT2D eigenvalue weighted by Crippen LogP contribution is -2.30. The molecular formula is C28H28N4O4S. The summed E-state index contributed by atoms with van der Waals surface area (Å²) < 4.78 is 12.7. The molecule has 8 nitrogen and oxygen atoms in total. The van der Waals surface area contributed by atoms with E-state index in [0.29, 0.717) is 23.5 Å². The largest absolute Gasteiger partial charge is 0.493 e. The van der Waals surface area contributed by atoms with Crippen molar-refractivity contribution in [2.75, 3.05) is 13.7 Å². The van der Waals surface area contributed by atoms with Crippen molar-refractivity contribution in [1.82, 2.24) is 15.0 Å². The van der Waals surface area contributed by atoms with Crippen LogP contribution in [0.2, 0.25) is 0 Å². The van der Waals surface area contributed by atoms with Crippen LogP contribution < -0.4 is 20.5 Å². The van der Waals surface area contributed by atoms with E-state index in [4.69, 9.17) is 9.47 Å². The van der Waals surface area contributed by atoms with Crippen LogP contribution in [0.3, 0.4) is 0 Å². The molecule has 2 aromatic carbocycles. The highest BCUT2D eigenvalue weighted by molar-refractivity contribution is 7.18. The third-order valence-electron chi connectivity index (χ3n) is 6.34. The molecule has 0 saturated heterocycles. The highest BCUT2D eigenvalue weighted by Gasteiger charge is 2.20. The Balaban J connectivity index is 1.19. The number of methoxy groups -OCH3 is 1. The Labute approximate surface area is 218 Å². The number of aromatic nitrogens is 2. The molecule has 0 fully saturated rings. The molecule has 2 aromatic heterocycles. The number of carbonyl (C=O) groups excluding carboxylic acids is 1. The molecule has 4 aromatic rings. The van der Waals surface area contributed by atoms with Crippen LogP contribution in [0.1, 0.15) is 34.4 Å². The highest BCUT2D eigenvalue weighted by atomic mass is 32.1. The fourth-order valence-corrected chi connectivity index (χ4v) is 5.69. The second-order valence-corrected chi connectivity index (χ2v) is 9.94. The van der Waals surface area contributed by atoms with E-state index in [-0.39, 0.29) is 12.1 Å². The summed E-state index contributed by atoms with van der Waals surface area (Å²) >= 11 is 1.59. The summed E-state index contributed by atoms with van der Waals surface area (Å²) in [5, 5.41) is 4.71. The van der Waals surface area contributed by atoms with E-state index in [1.165, 1.54) is 27.5 Å². The molecule has 0 saturated carbocycles. The van der Waals surface area contributed by atoms with Crippen LogP contribution in [0, 0.1) is 0 Å². The molecule has 190 valence electrons. The molecule has 0 spiro atoms. The van der Waals surface area contributed by atoms with Gasteiger partial charge in [-0.1, -0.05) is 30.3 Å². The second kappa shape index (κ2) is 11.4. The summed E-state index contributed by atoms with van der Waals surface area (Å²) in [4.78, 5) is 32.0. The summed E-state index contributed by atoms with van der Waals surface area (Å²) in [7, 11) is 1.58. The van der Waals surface area contributed by atoms with E-state index in [1.807, 2.05) is 30.3 Å². The fourth-order valence-electron chi connectivity index (χ4n) is 4.47. The quantitative estimate of drug-likeness (QED) is 0.267. The first-order valence-corrected chi connectivity index (χ1v) is 13.1. The normalized spacial score (nSPS) is 13.0. The minimum Gasteiger partial charge on any atom is -0.493 e. The van der Waals surface area contributed by atoms with Crippen molar-refractivity contribution in [3.63, 3.8) is 0 Å². The highest BCUT2D eigenvalue weighted by Crippen LogP contribution is 2.33. The minimum absolute atomic E-state index is 0.152. The zero-order chi connectivity index (χ0) is 25.6. The molecule has 0 bridgehead atoms. The summed E-state index contributed by atoms with van der Waals surface area (Å²) in [6, 6.07) is 15.6. The predicted molar refractivity (Wildman–Crippen MR) is 145 cm³/mol. The maximum Gasteiger partial charge on any atom is 0.262 e. The SMILES string of the molecule is COc1cc(/C=N\NC(=O)Cn2cnc3sc4c(c3c2=O)CCCC4)ccc1OCCc1ccccc1. The number of hydrogen-bond donors (Lipinski definition) is 1. The number of ether oxygens (including phenoxy) is 2. The van der Waals surface area contributed by atoms with Gasteiger partial charge in [0, 0.05) is 11.3 Å². The molecule has 5 rings (SSSR count). The van der Waals surface area contributed by atoms with Crippen molar-refractivity contribution < 1.29 is 14.3 Å². The van der Waals surface area contributed by atoms with E-state index in [0.717, 1.165) is 48.1 Å². The van der Waals surface area contributed by atoms with E-state index < -0.39 is 5.91 Å². The van der Waals surface area contributed by atoms with Gasteiger partial charge in [-0.15, -0.1) is 11.3 Å². The molecule has 37 heavy (non-hydrogen) atoms. The van der Waals surface area contributed by atoms with Crippen LogP contribution in [0.25, 0.3) is 10.2 Å². The molecule has 0 aliphatic heterocycles. The third-order valence-corrected chi connectivity index (χ3v) is 7.54. The second-order valence-electron chi connectivity index (χ2n) is 8.86. The fraction of sp³-hybridized carbons (Fsp3) is 0.286. The van der Waals surface area contributed by atoms with Crippen molar-refractivity contribution in [2.24, 2.45) is 5.10 Å². The molecule has 1 aliphatic carbocycles. The number of fused-ring (bicyclic) bond motifs is 3. The maximum atomic E-state index is 13.0.